The first kappa shape index (κ1) is 11.9. The van der Waals surface area contributed by atoms with Crippen molar-refractivity contribution in [3.63, 3.8) is 0 Å². The average Bonchev–Trinajstić information content (AvgIpc) is 2.77. The monoisotopic (exact) mass is 307 g/mol. The van der Waals surface area contributed by atoms with Crippen LogP contribution in [0, 0.1) is 5.92 Å². The molecule has 1 aromatic heterocycles. The van der Waals surface area contributed by atoms with Gasteiger partial charge in [0.15, 0.2) is 0 Å². The third-order valence-corrected chi connectivity index (χ3v) is 3.98. The normalized spacial score (nSPS) is 17.4. The molecule has 1 fully saturated rings. The number of aromatic nitrogens is 2. The Kier molecular flexibility index (Phi) is 3.18. The van der Waals surface area contributed by atoms with Crippen LogP contribution in [0.3, 0.4) is 0 Å². The van der Waals surface area contributed by atoms with Gasteiger partial charge in [-0.25, -0.2) is 0 Å². The number of hydrogen-bond acceptors (Lipinski definition) is 4. The van der Waals surface area contributed by atoms with E-state index < -0.39 is 0 Å². The molecule has 2 heterocycles. The van der Waals surface area contributed by atoms with Gasteiger partial charge < -0.3 is 9.84 Å². The zero-order valence-electron chi connectivity index (χ0n) is 10.1. The van der Waals surface area contributed by atoms with Crippen LogP contribution in [-0.4, -0.2) is 23.2 Å². The highest BCUT2D eigenvalue weighted by atomic mass is 79.9. The molecule has 0 spiro atoms. The second-order valence-corrected chi connectivity index (χ2v) is 5.59. The predicted octanol–water partition coefficient (Wildman–Crippen LogP) is 2.82. The molecule has 18 heavy (non-hydrogen) atoms. The van der Waals surface area contributed by atoms with E-state index in [9.17, 15) is 0 Å². The molecule has 1 atom stereocenters. The van der Waals surface area contributed by atoms with E-state index in [2.05, 4.69) is 38.3 Å². The summed E-state index contributed by atoms with van der Waals surface area (Å²) in [6, 6.07) is 7.91. The summed E-state index contributed by atoms with van der Waals surface area (Å²) in [7, 11) is 0. The van der Waals surface area contributed by atoms with Crippen LogP contribution in [0.2, 0.25) is 0 Å². The van der Waals surface area contributed by atoms with E-state index in [1.807, 2.05) is 24.3 Å². The second-order valence-electron chi connectivity index (χ2n) is 4.67. The van der Waals surface area contributed by atoms with Crippen molar-refractivity contribution in [1.82, 2.24) is 15.5 Å². The topological polar surface area (TPSA) is 51.0 Å². The Hall–Kier alpha value is -1.20. The summed E-state index contributed by atoms with van der Waals surface area (Å²) in [6.45, 7) is 4.22. The number of nitrogens with one attached hydrogen (secondary N) is 1. The van der Waals surface area contributed by atoms with Gasteiger partial charge in [-0.3, -0.25) is 0 Å². The van der Waals surface area contributed by atoms with E-state index in [1.54, 1.807) is 0 Å². The molecule has 0 bridgehead atoms. The molecule has 1 unspecified atom stereocenters. The van der Waals surface area contributed by atoms with E-state index in [4.69, 9.17) is 4.52 Å². The van der Waals surface area contributed by atoms with E-state index >= 15 is 0 Å². The van der Waals surface area contributed by atoms with Gasteiger partial charge in [0.2, 0.25) is 11.7 Å². The number of nitrogens with zero attached hydrogens (tertiary/aromatic N) is 2. The van der Waals surface area contributed by atoms with Crippen LogP contribution in [0.25, 0.3) is 11.4 Å². The van der Waals surface area contributed by atoms with Crippen molar-refractivity contribution in [2.45, 2.75) is 12.8 Å². The molecule has 1 N–H and O–H groups in total. The molecule has 1 aromatic carbocycles. The molecule has 0 radical (unpaired) electrons. The minimum atomic E-state index is 0.322. The quantitative estimate of drug-likeness (QED) is 0.947. The maximum atomic E-state index is 5.37. The Bertz CT molecular complexity index is 533. The van der Waals surface area contributed by atoms with E-state index in [0.29, 0.717) is 17.7 Å². The summed E-state index contributed by atoms with van der Waals surface area (Å²) in [5, 5.41) is 7.32. The molecule has 0 amide bonds. The lowest BCUT2D eigenvalue weighted by atomic mass is 9.89. The van der Waals surface area contributed by atoms with Gasteiger partial charge in [0.1, 0.15) is 0 Å². The third kappa shape index (κ3) is 2.20. The van der Waals surface area contributed by atoms with Crippen molar-refractivity contribution in [2.75, 3.05) is 13.1 Å². The largest absolute Gasteiger partial charge is 0.339 e. The first-order valence-corrected chi connectivity index (χ1v) is 6.83. The lowest BCUT2D eigenvalue weighted by Crippen LogP contribution is -2.44. The van der Waals surface area contributed by atoms with Crippen molar-refractivity contribution in [3.05, 3.63) is 34.6 Å². The maximum Gasteiger partial charge on any atom is 0.230 e. The molecule has 3 rings (SSSR count). The highest BCUT2D eigenvalue weighted by Gasteiger charge is 2.28. The summed E-state index contributed by atoms with van der Waals surface area (Å²) in [5.74, 6) is 2.34. The van der Waals surface area contributed by atoms with Crippen molar-refractivity contribution in [2.24, 2.45) is 5.92 Å². The number of rotatable bonds is 3. The van der Waals surface area contributed by atoms with Crippen molar-refractivity contribution < 1.29 is 4.52 Å². The molecule has 1 aliphatic heterocycles. The summed E-state index contributed by atoms with van der Waals surface area (Å²) < 4.78 is 6.41. The predicted molar refractivity (Wildman–Crippen MR) is 72.2 cm³/mol. The van der Waals surface area contributed by atoms with Gasteiger partial charge in [0, 0.05) is 16.0 Å². The Morgan fingerprint density at radius 2 is 2.06 bits per heavy atom. The zero-order valence-corrected chi connectivity index (χ0v) is 11.6. The Labute approximate surface area is 114 Å². The first-order chi connectivity index (χ1) is 8.74. The van der Waals surface area contributed by atoms with Crippen LogP contribution >= 0.6 is 15.9 Å². The summed E-state index contributed by atoms with van der Waals surface area (Å²) in [4.78, 5) is 4.49. The molecule has 1 saturated heterocycles. The van der Waals surface area contributed by atoms with Crippen molar-refractivity contribution in [1.29, 1.82) is 0 Å². The van der Waals surface area contributed by atoms with Crippen LogP contribution in [0.5, 0.6) is 0 Å². The zero-order chi connectivity index (χ0) is 12.5. The fourth-order valence-electron chi connectivity index (χ4n) is 2.00. The molecule has 5 heteroatoms. The lowest BCUT2D eigenvalue weighted by molar-refractivity contribution is 0.252. The highest BCUT2D eigenvalue weighted by molar-refractivity contribution is 9.10. The number of halogens is 1. The molecule has 2 aromatic rings. The molecule has 94 valence electrons. The standard InChI is InChI=1S/C13H14BrN3O/c1-8(10-6-15-7-10)13-16-12(17-18-13)9-2-4-11(14)5-3-9/h2-5,8,10,15H,6-7H2,1H3. The smallest absolute Gasteiger partial charge is 0.230 e. The molecular weight excluding hydrogens is 294 g/mol. The van der Waals surface area contributed by atoms with Crippen LogP contribution in [0.15, 0.2) is 33.3 Å². The fraction of sp³-hybridized carbons (Fsp3) is 0.385. The SMILES string of the molecule is CC(c1nc(-c2ccc(Br)cc2)no1)C1CNC1. The molecule has 0 saturated carbocycles. The van der Waals surface area contributed by atoms with Crippen LogP contribution in [-0.2, 0) is 0 Å². The molecule has 4 nitrogen and oxygen atoms in total. The van der Waals surface area contributed by atoms with Gasteiger partial charge in [-0.1, -0.05) is 28.0 Å². The minimum absolute atomic E-state index is 0.322. The second kappa shape index (κ2) is 4.82. The minimum Gasteiger partial charge on any atom is -0.339 e. The highest BCUT2D eigenvalue weighted by Crippen LogP contribution is 2.27. The van der Waals surface area contributed by atoms with Gasteiger partial charge >= 0.3 is 0 Å². The number of benzene rings is 1. The van der Waals surface area contributed by atoms with E-state index in [1.165, 1.54) is 0 Å². The van der Waals surface area contributed by atoms with Crippen molar-refractivity contribution >= 4 is 15.9 Å². The van der Waals surface area contributed by atoms with Gasteiger partial charge in [0.25, 0.3) is 0 Å². The Balaban J connectivity index is 1.82. The summed E-state index contributed by atoms with van der Waals surface area (Å²) >= 11 is 3.41. The fourth-order valence-corrected chi connectivity index (χ4v) is 2.27. The van der Waals surface area contributed by atoms with E-state index in [0.717, 1.165) is 29.0 Å². The maximum absolute atomic E-state index is 5.37. The Morgan fingerprint density at radius 3 is 2.67 bits per heavy atom. The van der Waals surface area contributed by atoms with Crippen molar-refractivity contribution in [3.8, 4) is 11.4 Å². The van der Waals surface area contributed by atoms with Gasteiger partial charge in [-0.2, -0.15) is 4.98 Å². The van der Waals surface area contributed by atoms with Crippen LogP contribution in [0.1, 0.15) is 18.7 Å². The van der Waals surface area contributed by atoms with Gasteiger partial charge in [-0.05, 0) is 43.3 Å². The molecule has 0 aliphatic carbocycles. The Morgan fingerprint density at radius 1 is 1.33 bits per heavy atom. The van der Waals surface area contributed by atoms with Crippen LogP contribution < -0.4 is 5.32 Å². The average molecular weight is 308 g/mol. The molecular formula is C13H14BrN3O. The third-order valence-electron chi connectivity index (χ3n) is 3.45. The van der Waals surface area contributed by atoms with Gasteiger partial charge in [-0.15, -0.1) is 0 Å². The first-order valence-electron chi connectivity index (χ1n) is 6.04. The van der Waals surface area contributed by atoms with E-state index in [-0.39, 0.29) is 0 Å². The van der Waals surface area contributed by atoms with Gasteiger partial charge in [0.05, 0.1) is 0 Å². The number of hydrogen-bond donors (Lipinski definition) is 1. The van der Waals surface area contributed by atoms with Crippen LogP contribution in [0.4, 0.5) is 0 Å². The summed E-state index contributed by atoms with van der Waals surface area (Å²) in [5.41, 5.74) is 0.979. The lowest BCUT2D eigenvalue weighted by Gasteiger charge is -2.30. The summed E-state index contributed by atoms with van der Waals surface area (Å²) in [6.07, 6.45) is 0. The molecule has 1 aliphatic rings.